The van der Waals surface area contributed by atoms with Crippen LogP contribution in [0.2, 0.25) is 5.02 Å². The van der Waals surface area contributed by atoms with Crippen LogP contribution in [0, 0.1) is 5.82 Å². The fraction of sp³-hybridized carbons (Fsp3) is 0. The first-order valence-electron chi connectivity index (χ1n) is 5.77. The Morgan fingerprint density at radius 3 is 2.52 bits per heavy atom. The van der Waals surface area contributed by atoms with Crippen LogP contribution in [0.3, 0.4) is 0 Å². The molecule has 0 fully saturated rings. The van der Waals surface area contributed by atoms with E-state index in [9.17, 15) is 14.0 Å². The lowest BCUT2D eigenvalue weighted by atomic mass is 10.1. The summed E-state index contributed by atoms with van der Waals surface area (Å²) in [5, 5.41) is 11.6. The molecule has 2 aromatic rings. The third-order valence-corrected chi connectivity index (χ3v) is 2.93. The van der Waals surface area contributed by atoms with Crippen molar-refractivity contribution in [3.05, 3.63) is 58.4 Å². The molecule has 0 bridgehead atoms. The van der Waals surface area contributed by atoms with Crippen LogP contribution >= 0.6 is 11.6 Å². The van der Waals surface area contributed by atoms with Gasteiger partial charge >= 0.3 is 5.97 Å². The number of nitrogens with one attached hydrogen (secondary N) is 1. The van der Waals surface area contributed by atoms with E-state index in [4.69, 9.17) is 22.4 Å². The molecule has 0 saturated carbocycles. The number of aromatic carboxylic acids is 1. The average molecular weight is 309 g/mol. The van der Waals surface area contributed by atoms with Gasteiger partial charge < -0.3 is 16.2 Å². The Bertz CT molecular complexity index is 734. The summed E-state index contributed by atoms with van der Waals surface area (Å²) in [6.07, 6.45) is 0. The average Bonchev–Trinajstić information content (AvgIpc) is 2.43. The molecule has 5 nitrogen and oxygen atoms in total. The number of amides is 1. The van der Waals surface area contributed by atoms with Crippen LogP contribution < -0.4 is 11.1 Å². The number of carbonyl (C=O) groups excluding carboxylic acids is 1. The van der Waals surface area contributed by atoms with Gasteiger partial charge in [0.15, 0.2) is 0 Å². The highest BCUT2D eigenvalue weighted by Gasteiger charge is 2.16. The second kappa shape index (κ2) is 5.80. The lowest BCUT2D eigenvalue weighted by Crippen LogP contribution is -2.16. The van der Waals surface area contributed by atoms with Gasteiger partial charge in [-0.05, 0) is 36.4 Å². The molecule has 0 atom stereocenters. The van der Waals surface area contributed by atoms with Crippen molar-refractivity contribution in [1.82, 2.24) is 0 Å². The summed E-state index contributed by atoms with van der Waals surface area (Å²) in [6, 6.07) is 7.48. The molecule has 2 rings (SSSR count). The van der Waals surface area contributed by atoms with Crippen LogP contribution in [0.25, 0.3) is 0 Å². The smallest absolute Gasteiger partial charge is 0.337 e. The van der Waals surface area contributed by atoms with Gasteiger partial charge in [-0.3, -0.25) is 4.79 Å². The minimum atomic E-state index is -1.26. The number of halogens is 2. The number of hydrogen-bond donors (Lipinski definition) is 3. The van der Waals surface area contributed by atoms with E-state index in [2.05, 4.69) is 5.32 Å². The van der Waals surface area contributed by atoms with E-state index in [0.29, 0.717) is 0 Å². The van der Waals surface area contributed by atoms with Crippen molar-refractivity contribution in [2.45, 2.75) is 0 Å². The highest BCUT2D eigenvalue weighted by Crippen LogP contribution is 2.21. The number of carbonyl (C=O) groups is 2. The zero-order valence-corrected chi connectivity index (χ0v) is 11.3. The van der Waals surface area contributed by atoms with Crippen LogP contribution in [0.1, 0.15) is 20.7 Å². The molecule has 4 N–H and O–H groups in total. The molecule has 0 heterocycles. The summed E-state index contributed by atoms with van der Waals surface area (Å²) in [4.78, 5) is 23.1. The van der Waals surface area contributed by atoms with Gasteiger partial charge in [-0.1, -0.05) is 11.6 Å². The second-order valence-electron chi connectivity index (χ2n) is 4.19. The number of benzene rings is 2. The number of hydrogen-bond acceptors (Lipinski definition) is 3. The first-order chi connectivity index (χ1) is 9.88. The molecule has 0 aliphatic rings. The van der Waals surface area contributed by atoms with Gasteiger partial charge in [0, 0.05) is 10.7 Å². The van der Waals surface area contributed by atoms with Gasteiger partial charge in [-0.2, -0.15) is 0 Å². The fourth-order valence-electron chi connectivity index (χ4n) is 1.71. The second-order valence-corrected chi connectivity index (χ2v) is 4.62. The maximum absolute atomic E-state index is 13.6. The largest absolute Gasteiger partial charge is 0.478 e. The summed E-state index contributed by atoms with van der Waals surface area (Å²) >= 11 is 5.71. The highest BCUT2D eigenvalue weighted by atomic mass is 35.5. The summed E-state index contributed by atoms with van der Waals surface area (Å²) in [6.45, 7) is 0. The van der Waals surface area contributed by atoms with Gasteiger partial charge in [0.05, 0.1) is 16.8 Å². The summed E-state index contributed by atoms with van der Waals surface area (Å²) in [5.41, 5.74) is 5.28. The predicted molar refractivity (Wildman–Crippen MR) is 77.2 cm³/mol. The molecular weight excluding hydrogens is 299 g/mol. The molecule has 0 aromatic heterocycles. The van der Waals surface area contributed by atoms with E-state index in [1.165, 1.54) is 24.3 Å². The van der Waals surface area contributed by atoms with Gasteiger partial charge in [-0.25, -0.2) is 9.18 Å². The molecule has 0 spiro atoms. The van der Waals surface area contributed by atoms with Crippen LogP contribution in [-0.2, 0) is 0 Å². The molecule has 0 aliphatic carbocycles. The Balaban J connectivity index is 2.36. The van der Waals surface area contributed by atoms with E-state index in [1.807, 2.05) is 0 Å². The standard InChI is InChI=1S/C14H10ClFN2O3/c15-7-1-3-11(16)9(5-7)13(19)18-12-4-2-8(17)6-10(12)14(20)21/h1-6H,17H2,(H,18,19)(H,20,21). The lowest BCUT2D eigenvalue weighted by Gasteiger charge is -2.10. The molecular formula is C14H10ClFN2O3. The summed E-state index contributed by atoms with van der Waals surface area (Å²) in [5.74, 6) is -2.82. The van der Waals surface area contributed by atoms with E-state index < -0.39 is 17.7 Å². The van der Waals surface area contributed by atoms with Crippen LogP contribution in [0.4, 0.5) is 15.8 Å². The zero-order chi connectivity index (χ0) is 15.6. The zero-order valence-electron chi connectivity index (χ0n) is 10.6. The number of nitrogen functional groups attached to an aromatic ring is 1. The normalized spacial score (nSPS) is 10.2. The number of anilines is 2. The van der Waals surface area contributed by atoms with Gasteiger partial charge in [0.2, 0.25) is 0 Å². The monoisotopic (exact) mass is 308 g/mol. The topological polar surface area (TPSA) is 92.4 Å². The van der Waals surface area contributed by atoms with Gasteiger partial charge in [-0.15, -0.1) is 0 Å². The van der Waals surface area contributed by atoms with Crippen LogP contribution in [-0.4, -0.2) is 17.0 Å². The van der Waals surface area contributed by atoms with Gasteiger partial charge in [0.1, 0.15) is 5.82 Å². The number of carboxylic acids is 1. The Labute approximate surface area is 124 Å². The van der Waals surface area contributed by atoms with Crippen molar-refractivity contribution in [1.29, 1.82) is 0 Å². The van der Waals surface area contributed by atoms with Crippen LogP contribution in [0.5, 0.6) is 0 Å². The lowest BCUT2D eigenvalue weighted by molar-refractivity contribution is 0.0698. The van der Waals surface area contributed by atoms with Crippen molar-refractivity contribution in [3.8, 4) is 0 Å². The molecule has 0 saturated heterocycles. The molecule has 1 amide bonds. The Morgan fingerprint density at radius 2 is 1.86 bits per heavy atom. The van der Waals surface area contributed by atoms with Crippen LogP contribution in [0.15, 0.2) is 36.4 Å². The molecule has 2 aromatic carbocycles. The Kier molecular flexibility index (Phi) is 4.09. The minimum absolute atomic E-state index is 0.0149. The maximum atomic E-state index is 13.6. The number of nitrogens with two attached hydrogens (primary N) is 1. The van der Waals surface area contributed by atoms with E-state index in [1.54, 1.807) is 0 Å². The van der Waals surface area contributed by atoms with Crippen molar-refractivity contribution in [3.63, 3.8) is 0 Å². The molecule has 21 heavy (non-hydrogen) atoms. The summed E-state index contributed by atoms with van der Waals surface area (Å²) in [7, 11) is 0. The molecule has 0 aliphatic heterocycles. The van der Waals surface area contributed by atoms with E-state index in [-0.39, 0.29) is 27.5 Å². The fourth-order valence-corrected chi connectivity index (χ4v) is 1.88. The molecule has 7 heteroatoms. The number of carboxylic acid groups (broad SMARTS) is 1. The molecule has 0 unspecified atom stereocenters. The minimum Gasteiger partial charge on any atom is -0.478 e. The van der Waals surface area contributed by atoms with E-state index in [0.717, 1.165) is 12.1 Å². The van der Waals surface area contributed by atoms with Crippen molar-refractivity contribution in [2.24, 2.45) is 0 Å². The quantitative estimate of drug-likeness (QED) is 0.760. The molecule has 0 radical (unpaired) electrons. The Hall–Kier alpha value is -2.60. The Morgan fingerprint density at radius 1 is 1.14 bits per heavy atom. The highest BCUT2D eigenvalue weighted by molar-refractivity contribution is 6.31. The maximum Gasteiger partial charge on any atom is 0.337 e. The first kappa shape index (κ1) is 14.8. The van der Waals surface area contributed by atoms with Crippen molar-refractivity contribution >= 4 is 34.9 Å². The third kappa shape index (κ3) is 3.29. The first-order valence-corrected chi connectivity index (χ1v) is 6.15. The van der Waals surface area contributed by atoms with Crippen molar-refractivity contribution < 1.29 is 19.1 Å². The SMILES string of the molecule is Nc1ccc(NC(=O)c2cc(Cl)ccc2F)c(C(=O)O)c1. The third-order valence-electron chi connectivity index (χ3n) is 2.70. The summed E-state index contributed by atoms with van der Waals surface area (Å²) < 4.78 is 13.6. The predicted octanol–water partition coefficient (Wildman–Crippen LogP) is 3.01. The van der Waals surface area contributed by atoms with E-state index >= 15 is 0 Å². The van der Waals surface area contributed by atoms with Crippen molar-refractivity contribution in [2.75, 3.05) is 11.1 Å². The van der Waals surface area contributed by atoms with Gasteiger partial charge in [0.25, 0.3) is 5.91 Å². The molecule has 108 valence electrons. The number of rotatable bonds is 3.